The highest BCUT2D eigenvalue weighted by Crippen LogP contribution is 2.12. The van der Waals surface area contributed by atoms with Crippen molar-refractivity contribution in [2.45, 2.75) is 13.8 Å². The standard InChI is InChI=1S/C10H14N4O/c1-7-5-9(13-8(2)12-7)14-4-3-11-10(15)6-14/h5H,3-4,6H2,1-2H3,(H,11,15). The second-order valence-electron chi connectivity index (χ2n) is 3.69. The normalized spacial score (nSPS) is 16.4. The molecule has 0 saturated carbocycles. The van der Waals surface area contributed by atoms with Gasteiger partial charge in [0.25, 0.3) is 0 Å². The van der Waals surface area contributed by atoms with Crippen molar-refractivity contribution >= 4 is 11.7 Å². The van der Waals surface area contributed by atoms with Gasteiger partial charge in [0.1, 0.15) is 11.6 Å². The summed E-state index contributed by atoms with van der Waals surface area (Å²) in [5.41, 5.74) is 0.934. The van der Waals surface area contributed by atoms with E-state index < -0.39 is 0 Å². The maximum atomic E-state index is 11.2. The van der Waals surface area contributed by atoms with Gasteiger partial charge >= 0.3 is 0 Å². The molecule has 1 aliphatic heterocycles. The van der Waals surface area contributed by atoms with Crippen molar-refractivity contribution in [2.75, 3.05) is 24.5 Å². The first-order valence-electron chi connectivity index (χ1n) is 4.99. The quantitative estimate of drug-likeness (QED) is 0.704. The van der Waals surface area contributed by atoms with E-state index in [0.717, 1.165) is 23.9 Å². The minimum absolute atomic E-state index is 0.0511. The Morgan fingerprint density at radius 3 is 2.87 bits per heavy atom. The molecule has 0 spiro atoms. The Morgan fingerprint density at radius 1 is 1.40 bits per heavy atom. The first-order valence-corrected chi connectivity index (χ1v) is 4.99. The van der Waals surface area contributed by atoms with E-state index in [1.165, 1.54) is 0 Å². The average Bonchev–Trinajstić information content (AvgIpc) is 2.16. The molecule has 2 rings (SSSR count). The van der Waals surface area contributed by atoms with E-state index >= 15 is 0 Å². The van der Waals surface area contributed by atoms with Gasteiger partial charge < -0.3 is 10.2 Å². The number of hydrogen-bond acceptors (Lipinski definition) is 4. The number of aromatic nitrogens is 2. The highest BCUT2D eigenvalue weighted by molar-refractivity contribution is 5.82. The maximum absolute atomic E-state index is 11.2. The van der Waals surface area contributed by atoms with Crippen LogP contribution in [0.3, 0.4) is 0 Å². The number of nitrogens with zero attached hydrogens (tertiary/aromatic N) is 3. The van der Waals surface area contributed by atoms with Gasteiger partial charge in [0.15, 0.2) is 0 Å². The lowest BCUT2D eigenvalue weighted by Gasteiger charge is -2.27. The third kappa shape index (κ3) is 2.23. The molecule has 1 aliphatic rings. The van der Waals surface area contributed by atoms with Gasteiger partial charge in [0.05, 0.1) is 6.54 Å². The van der Waals surface area contributed by atoms with Crippen LogP contribution in [0.4, 0.5) is 5.82 Å². The van der Waals surface area contributed by atoms with Crippen LogP contribution in [0.5, 0.6) is 0 Å². The summed E-state index contributed by atoms with van der Waals surface area (Å²) in [6.45, 7) is 5.67. The number of rotatable bonds is 1. The molecule has 1 aromatic rings. The Kier molecular flexibility index (Phi) is 2.53. The van der Waals surface area contributed by atoms with Crippen LogP contribution in [0.2, 0.25) is 0 Å². The SMILES string of the molecule is Cc1cc(N2CCNC(=O)C2)nc(C)n1. The van der Waals surface area contributed by atoms with E-state index in [4.69, 9.17) is 0 Å². The highest BCUT2D eigenvalue weighted by atomic mass is 16.2. The number of piperazine rings is 1. The molecule has 5 nitrogen and oxygen atoms in total. The predicted octanol–water partition coefficient (Wildman–Crippen LogP) is 0.0296. The summed E-state index contributed by atoms with van der Waals surface area (Å²) in [6.07, 6.45) is 0. The number of hydrogen-bond donors (Lipinski definition) is 1. The van der Waals surface area contributed by atoms with Crippen molar-refractivity contribution < 1.29 is 4.79 Å². The molecule has 0 unspecified atom stereocenters. The van der Waals surface area contributed by atoms with Gasteiger partial charge in [0.2, 0.25) is 5.91 Å². The Labute approximate surface area is 88.5 Å². The van der Waals surface area contributed by atoms with Crippen LogP contribution < -0.4 is 10.2 Å². The second kappa shape index (κ2) is 3.84. The average molecular weight is 206 g/mol. The lowest BCUT2D eigenvalue weighted by atomic mass is 10.3. The number of anilines is 1. The topological polar surface area (TPSA) is 58.1 Å². The molecule has 0 aliphatic carbocycles. The molecule has 1 fully saturated rings. The number of carbonyl (C=O) groups excluding carboxylic acids is 1. The van der Waals surface area contributed by atoms with Crippen molar-refractivity contribution in [3.8, 4) is 0 Å². The largest absolute Gasteiger partial charge is 0.353 e. The van der Waals surface area contributed by atoms with Gasteiger partial charge in [-0.05, 0) is 13.8 Å². The lowest BCUT2D eigenvalue weighted by molar-refractivity contribution is -0.120. The minimum Gasteiger partial charge on any atom is -0.353 e. The van der Waals surface area contributed by atoms with Gasteiger partial charge in [-0.1, -0.05) is 0 Å². The molecule has 1 saturated heterocycles. The third-order valence-electron chi connectivity index (χ3n) is 2.31. The van der Waals surface area contributed by atoms with Crippen molar-refractivity contribution in [2.24, 2.45) is 0 Å². The van der Waals surface area contributed by atoms with Crippen molar-refractivity contribution in [1.82, 2.24) is 15.3 Å². The van der Waals surface area contributed by atoms with E-state index in [0.29, 0.717) is 13.1 Å². The third-order valence-corrected chi connectivity index (χ3v) is 2.31. The first-order chi connectivity index (χ1) is 7.15. The van der Waals surface area contributed by atoms with Crippen LogP contribution >= 0.6 is 0 Å². The molecule has 0 radical (unpaired) electrons. The summed E-state index contributed by atoms with van der Waals surface area (Å²) in [5.74, 6) is 1.64. The summed E-state index contributed by atoms with van der Waals surface area (Å²) < 4.78 is 0. The zero-order chi connectivity index (χ0) is 10.8. The zero-order valence-electron chi connectivity index (χ0n) is 8.95. The number of aryl methyl sites for hydroxylation is 2. The Balaban J connectivity index is 2.24. The van der Waals surface area contributed by atoms with Gasteiger partial charge in [-0.15, -0.1) is 0 Å². The van der Waals surface area contributed by atoms with Gasteiger partial charge in [0, 0.05) is 24.8 Å². The molecule has 1 N–H and O–H groups in total. The number of amides is 1. The molecular formula is C10H14N4O. The van der Waals surface area contributed by atoms with E-state index in [2.05, 4.69) is 15.3 Å². The molecule has 80 valence electrons. The van der Waals surface area contributed by atoms with E-state index in [9.17, 15) is 4.79 Å². The van der Waals surface area contributed by atoms with Crippen LogP contribution in [0.1, 0.15) is 11.5 Å². The summed E-state index contributed by atoms with van der Waals surface area (Å²) in [4.78, 5) is 21.7. The molecular weight excluding hydrogens is 192 g/mol. The lowest BCUT2D eigenvalue weighted by Crippen LogP contribution is -2.48. The highest BCUT2D eigenvalue weighted by Gasteiger charge is 2.17. The van der Waals surface area contributed by atoms with E-state index in [1.54, 1.807) is 0 Å². The van der Waals surface area contributed by atoms with Crippen LogP contribution in [0, 0.1) is 13.8 Å². The monoisotopic (exact) mass is 206 g/mol. The molecule has 0 atom stereocenters. The second-order valence-corrected chi connectivity index (χ2v) is 3.69. The molecule has 5 heteroatoms. The van der Waals surface area contributed by atoms with Crippen LogP contribution in [0.25, 0.3) is 0 Å². The predicted molar refractivity (Wildman–Crippen MR) is 56.7 cm³/mol. The maximum Gasteiger partial charge on any atom is 0.239 e. The molecule has 0 bridgehead atoms. The zero-order valence-corrected chi connectivity index (χ0v) is 8.95. The van der Waals surface area contributed by atoms with Gasteiger partial charge in [-0.3, -0.25) is 4.79 Å². The van der Waals surface area contributed by atoms with Crippen molar-refractivity contribution in [3.63, 3.8) is 0 Å². The molecule has 1 amide bonds. The van der Waals surface area contributed by atoms with Gasteiger partial charge in [-0.25, -0.2) is 9.97 Å². The number of nitrogens with one attached hydrogen (secondary N) is 1. The summed E-state index contributed by atoms with van der Waals surface area (Å²) in [6, 6.07) is 1.91. The Hall–Kier alpha value is -1.65. The van der Waals surface area contributed by atoms with Crippen molar-refractivity contribution in [1.29, 1.82) is 0 Å². The summed E-state index contributed by atoms with van der Waals surface area (Å²) >= 11 is 0. The van der Waals surface area contributed by atoms with Crippen LogP contribution in [-0.2, 0) is 4.79 Å². The van der Waals surface area contributed by atoms with Crippen LogP contribution in [-0.4, -0.2) is 35.5 Å². The molecule has 0 aromatic carbocycles. The fraction of sp³-hybridized carbons (Fsp3) is 0.500. The van der Waals surface area contributed by atoms with E-state index in [-0.39, 0.29) is 5.91 Å². The van der Waals surface area contributed by atoms with E-state index in [1.807, 2.05) is 24.8 Å². The fourth-order valence-electron chi connectivity index (χ4n) is 1.69. The smallest absolute Gasteiger partial charge is 0.239 e. The molecule has 15 heavy (non-hydrogen) atoms. The van der Waals surface area contributed by atoms with Gasteiger partial charge in [-0.2, -0.15) is 0 Å². The van der Waals surface area contributed by atoms with Crippen LogP contribution in [0.15, 0.2) is 6.07 Å². The summed E-state index contributed by atoms with van der Waals surface area (Å²) in [7, 11) is 0. The van der Waals surface area contributed by atoms with Crippen molar-refractivity contribution in [3.05, 3.63) is 17.6 Å². The minimum atomic E-state index is 0.0511. The fourth-order valence-corrected chi connectivity index (χ4v) is 1.69. The Bertz CT molecular complexity index is 371. The first kappa shape index (κ1) is 9.89. The molecule has 2 heterocycles. The summed E-state index contributed by atoms with van der Waals surface area (Å²) in [5, 5.41) is 2.79. The Morgan fingerprint density at radius 2 is 2.20 bits per heavy atom. The molecule has 1 aromatic heterocycles. The number of carbonyl (C=O) groups is 1.